The second kappa shape index (κ2) is 6.13. The lowest BCUT2D eigenvalue weighted by Gasteiger charge is -2.20. The molecule has 0 spiro atoms. The van der Waals surface area contributed by atoms with Crippen LogP contribution in [-0.2, 0) is 21.4 Å². The average molecular weight is 311 g/mol. The molecular weight excluding hydrogens is 290 g/mol. The Morgan fingerprint density at radius 2 is 2.00 bits per heavy atom. The summed E-state index contributed by atoms with van der Waals surface area (Å²) in [6, 6.07) is 4.91. The number of hydrogen-bond donors (Lipinski definition) is 1. The highest BCUT2D eigenvalue weighted by molar-refractivity contribution is 7.89. The van der Waals surface area contributed by atoms with E-state index in [2.05, 4.69) is 0 Å². The van der Waals surface area contributed by atoms with E-state index in [1.807, 2.05) is 6.92 Å². The first-order valence-corrected chi connectivity index (χ1v) is 8.34. The first kappa shape index (κ1) is 15.9. The second-order valence-electron chi connectivity index (χ2n) is 5.30. The van der Waals surface area contributed by atoms with Gasteiger partial charge in [-0.25, -0.2) is 8.42 Å². The molecular formula is C14H21N3O3S. The minimum atomic E-state index is -3.64. The van der Waals surface area contributed by atoms with Crippen LogP contribution in [0.1, 0.15) is 17.5 Å². The molecule has 2 rings (SSSR count). The molecule has 116 valence electrons. The van der Waals surface area contributed by atoms with E-state index in [1.54, 1.807) is 30.1 Å². The van der Waals surface area contributed by atoms with Crippen molar-refractivity contribution in [3.63, 3.8) is 0 Å². The molecule has 1 fully saturated rings. The van der Waals surface area contributed by atoms with Gasteiger partial charge in [0.05, 0.1) is 11.4 Å². The predicted octanol–water partition coefficient (Wildman–Crippen LogP) is 0.307. The van der Waals surface area contributed by atoms with Gasteiger partial charge in [0, 0.05) is 26.7 Å². The Morgan fingerprint density at radius 1 is 1.29 bits per heavy atom. The van der Waals surface area contributed by atoms with Crippen molar-refractivity contribution in [1.29, 1.82) is 0 Å². The van der Waals surface area contributed by atoms with Crippen LogP contribution in [0.25, 0.3) is 0 Å². The van der Waals surface area contributed by atoms with E-state index in [0.29, 0.717) is 26.1 Å². The lowest BCUT2D eigenvalue weighted by Crippen LogP contribution is -2.38. The molecule has 0 radical (unpaired) electrons. The first-order valence-electron chi connectivity index (χ1n) is 6.90. The predicted molar refractivity (Wildman–Crippen MR) is 80.1 cm³/mol. The van der Waals surface area contributed by atoms with Crippen LogP contribution in [0.3, 0.4) is 0 Å². The van der Waals surface area contributed by atoms with Gasteiger partial charge < -0.3 is 10.6 Å². The third-order valence-corrected chi connectivity index (χ3v) is 5.65. The van der Waals surface area contributed by atoms with Gasteiger partial charge in [-0.05, 0) is 36.6 Å². The number of nitrogens with two attached hydrogens (primary N) is 1. The van der Waals surface area contributed by atoms with Gasteiger partial charge in [0.2, 0.25) is 15.9 Å². The number of carbonyl (C=O) groups excluding carboxylic acids is 1. The number of amides is 1. The SMILES string of the molecule is Cc1cc(S(=O)(=O)N2CCCN(C)C(=O)C2)ccc1CN. The number of benzene rings is 1. The zero-order valence-corrected chi connectivity index (χ0v) is 13.2. The normalized spacial score (nSPS) is 17.9. The Hall–Kier alpha value is -1.44. The fourth-order valence-corrected chi connectivity index (χ4v) is 3.89. The number of carbonyl (C=O) groups is 1. The smallest absolute Gasteiger partial charge is 0.243 e. The first-order chi connectivity index (χ1) is 9.86. The van der Waals surface area contributed by atoms with Gasteiger partial charge in [0.25, 0.3) is 0 Å². The van der Waals surface area contributed by atoms with Crippen LogP contribution in [0, 0.1) is 6.92 Å². The summed E-state index contributed by atoms with van der Waals surface area (Å²) < 4.78 is 26.6. The summed E-state index contributed by atoms with van der Waals surface area (Å²) in [7, 11) is -1.95. The maximum absolute atomic E-state index is 12.7. The fraction of sp³-hybridized carbons (Fsp3) is 0.500. The molecule has 0 aliphatic carbocycles. The van der Waals surface area contributed by atoms with Crippen LogP contribution in [0.15, 0.2) is 23.1 Å². The van der Waals surface area contributed by atoms with Gasteiger partial charge in [0.15, 0.2) is 0 Å². The van der Waals surface area contributed by atoms with Crippen molar-refractivity contribution in [2.24, 2.45) is 5.73 Å². The molecule has 6 nitrogen and oxygen atoms in total. The molecule has 1 aliphatic rings. The standard InChI is InChI=1S/C14H21N3O3S/c1-11-8-13(5-4-12(11)9-15)21(19,20)17-7-3-6-16(2)14(18)10-17/h4-5,8H,3,6-7,9-10,15H2,1-2H3. The zero-order valence-electron chi connectivity index (χ0n) is 12.4. The quantitative estimate of drug-likeness (QED) is 0.870. The number of hydrogen-bond acceptors (Lipinski definition) is 4. The van der Waals surface area contributed by atoms with Crippen molar-refractivity contribution in [2.45, 2.75) is 24.8 Å². The summed E-state index contributed by atoms with van der Waals surface area (Å²) >= 11 is 0. The summed E-state index contributed by atoms with van der Waals surface area (Å²) in [5, 5.41) is 0. The molecule has 0 atom stereocenters. The van der Waals surface area contributed by atoms with Crippen molar-refractivity contribution in [3.8, 4) is 0 Å². The number of rotatable bonds is 3. The van der Waals surface area contributed by atoms with Crippen molar-refractivity contribution >= 4 is 15.9 Å². The van der Waals surface area contributed by atoms with Crippen molar-refractivity contribution in [2.75, 3.05) is 26.7 Å². The molecule has 0 saturated carbocycles. The highest BCUT2D eigenvalue weighted by Gasteiger charge is 2.29. The lowest BCUT2D eigenvalue weighted by atomic mass is 10.1. The maximum Gasteiger partial charge on any atom is 0.243 e. The Morgan fingerprint density at radius 3 is 2.62 bits per heavy atom. The van der Waals surface area contributed by atoms with E-state index in [0.717, 1.165) is 11.1 Å². The van der Waals surface area contributed by atoms with Gasteiger partial charge in [-0.15, -0.1) is 0 Å². The fourth-order valence-electron chi connectivity index (χ4n) is 2.37. The summed E-state index contributed by atoms with van der Waals surface area (Å²) in [6.07, 6.45) is 0.640. The summed E-state index contributed by atoms with van der Waals surface area (Å²) in [6.45, 7) is 3.05. The number of likely N-dealkylation sites (N-methyl/N-ethyl adjacent to an activating group) is 1. The van der Waals surface area contributed by atoms with Gasteiger partial charge in [-0.2, -0.15) is 4.31 Å². The second-order valence-corrected chi connectivity index (χ2v) is 7.24. The minimum Gasteiger partial charge on any atom is -0.345 e. The Labute approximate surface area is 125 Å². The molecule has 1 heterocycles. The zero-order chi connectivity index (χ0) is 15.6. The van der Waals surface area contributed by atoms with Crippen LogP contribution in [0.4, 0.5) is 0 Å². The molecule has 0 unspecified atom stereocenters. The van der Waals surface area contributed by atoms with E-state index >= 15 is 0 Å². The van der Waals surface area contributed by atoms with Crippen LogP contribution in [0.5, 0.6) is 0 Å². The van der Waals surface area contributed by atoms with E-state index in [9.17, 15) is 13.2 Å². The van der Waals surface area contributed by atoms with Gasteiger partial charge in [0.1, 0.15) is 0 Å². The van der Waals surface area contributed by atoms with Crippen LogP contribution in [-0.4, -0.2) is 50.2 Å². The Bertz CT molecular complexity index is 643. The van der Waals surface area contributed by atoms with Crippen molar-refractivity contribution < 1.29 is 13.2 Å². The van der Waals surface area contributed by atoms with Gasteiger partial charge in [-0.1, -0.05) is 6.07 Å². The third-order valence-electron chi connectivity index (χ3n) is 3.81. The largest absolute Gasteiger partial charge is 0.345 e. The van der Waals surface area contributed by atoms with Crippen LogP contribution >= 0.6 is 0 Å². The monoisotopic (exact) mass is 311 g/mol. The number of nitrogens with zero attached hydrogens (tertiary/aromatic N) is 2. The van der Waals surface area contributed by atoms with Crippen LogP contribution in [0.2, 0.25) is 0 Å². The topological polar surface area (TPSA) is 83.7 Å². The van der Waals surface area contributed by atoms with E-state index in [-0.39, 0.29) is 17.3 Å². The molecule has 0 bridgehead atoms. The highest BCUT2D eigenvalue weighted by atomic mass is 32.2. The average Bonchev–Trinajstić information content (AvgIpc) is 2.61. The number of sulfonamides is 1. The van der Waals surface area contributed by atoms with Gasteiger partial charge in [-0.3, -0.25) is 4.79 Å². The van der Waals surface area contributed by atoms with Crippen molar-refractivity contribution in [3.05, 3.63) is 29.3 Å². The Balaban J connectivity index is 2.33. The molecule has 1 amide bonds. The highest BCUT2D eigenvalue weighted by Crippen LogP contribution is 2.20. The maximum atomic E-state index is 12.7. The number of aryl methyl sites for hydroxylation is 1. The van der Waals surface area contributed by atoms with E-state index in [1.165, 1.54) is 4.31 Å². The molecule has 1 aromatic carbocycles. The van der Waals surface area contributed by atoms with Crippen molar-refractivity contribution in [1.82, 2.24) is 9.21 Å². The van der Waals surface area contributed by atoms with Gasteiger partial charge >= 0.3 is 0 Å². The summed E-state index contributed by atoms with van der Waals surface area (Å²) in [5.41, 5.74) is 7.36. The third kappa shape index (κ3) is 3.25. The molecule has 1 saturated heterocycles. The summed E-state index contributed by atoms with van der Waals surface area (Å²) in [5.74, 6) is -0.175. The molecule has 1 aliphatic heterocycles. The molecule has 2 N–H and O–H groups in total. The lowest BCUT2D eigenvalue weighted by molar-refractivity contribution is -0.129. The molecule has 1 aromatic rings. The molecule has 7 heteroatoms. The van der Waals surface area contributed by atoms with Crippen LogP contribution < -0.4 is 5.73 Å². The Kier molecular flexibility index (Phi) is 4.65. The van der Waals surface area contributed by atoms with E-state index < -0.39 is 10.0 Å². The minimum absolute atomic E-state index is 0.101. The molecule has 0 aromatic heterocycles. The van der Waals surface area contributed by atoms with E-state index in [4.69, 9.17) is 5.73 Å². The molecule has 21 heavy (non-hydrogen) atoms. The summed E-state index contributed by atoms with van der Waals surface area (Å²) in [4.78, 5) is 13.7.